The van der Waals surface area contributed by atoms with Gasteiger partial charge in [0.2, 0.25) is 0 Å². The molecule has 6 rings (SSSR count). The molecule has 626 valence electrons. The molecule has 4 radical (unpaired) electrons. The van der Waals surface area contributed by atoms with Gasteiger partial charge >= 0.3 is 0 Å². The summed E-state index contributed by atoms with van der Waals surface area (Å²) in [6, 6.07) is 56.8. The Hall–Kier alpha value is -1.36. The van der Waals surface area contributed by atoms with E-state index in [1.807, 2.05) is 219 Å². The number of ether oxygens (including phenoxy) is 4. The summed E-state index contributed by atoms with van der Waals surface area (Å²) in [5.41, 5.74) is 7.20. The van der Waals surface area contributed by atoms with Gasteiger partial charge in [0.25, 0.3) is 0 Å². The van der Waals surface area contributed by atoms with E-state index in [0.717, 1.165) is 22.6 Å². The van der Waals surface area contributed by atoms with Crippen LogP contribution < -0.4 is 9.47 Å². The van der Waals surface area contributed by atoms with Crippen LogP contribution in [0.5, 0.6) is 11.5 Å². The molecule has 8 nitrogen and oxygen atoms in total. The van der Waals surface area contributed by atoms with Crippen LogP contribution in [-0.2, 0) is 159 Å². The fraction of sp³-hybridized carbons (Fsp3) is 0.558. The number of ketones is 2. The fourth-order valence-corrected chi connectivity index (χ4v) is 6.85. The molecule has 0 spiro atoms. The predicted octanol–water partition coefficient (Wildman–Crippen LogP) is 30.5. The third kappa shape index (κ3) is 171. The molecule has 2 atom stereocenters. The summed E-state index contributed by atoms with van der Waals surface area (Å²) in [5, 5.41) is 0. The zero-order chi connectivity index (χ0) is 86.4. The van der Waals surface area contributed by atoms with E-state index in [2.05, 4.69) is 227 Å². The molecule has 0 heterocycles. The summed E-state index contributed by atoms with van der Waals surface area (Å²) in [5.74, 6) is 5.20. The van der Waals surface area contributed by atoms with E-state index in [1.165, 1.54) is 38.3 Å². The smallest absolute Gasteiger partial charge is 0.130 e. The molecule has 6 aromatic carbocycles. The zero-order valence-corrected chi connectivity index (χ0v) is 92.0. The average molecular weight is 1860 g/mol. The first-order valence-corrected chi connectivity index (χ1v) is 39.8. The summed E-state index contributed by atoms with van der Waals surface area (Å²) < 4.78 is 20.2. The Morgan fingerprint density at radius 3 is 0.752 bits per heavy atom. The second-order valence-electron chi connectivity index (χ2n) is 27.8. The Morgan fingerprint density at radius 1 is 0.385 bits per heavy atom. The molecule has 0 amide bonds. The number of hydrogen-bond donors (Lipinski definition) is 0. The second-order valence-corrected chi connectivity index (χ2v) is 29.5. The van der Waals surface area contributed by atoms with Gasteiger partial charge in [0, 0.05) is 168 Å². The molecule has 0 fully saturated rings. The largest absolute Gasteiger partial charge is 0.545 e. The number of Topliss-reactive ketones (excluding diaryl/α,β-unsaturated/α-hetero) is 2. The molecule has 0 aromatic heterocycles. The number of benzene rings is 6. The number of rotatable bonds is 10. The van der Waals surface area contributed by atoms with Gasteiger partial charge in [-0.25, -0.2) is 0 Å². The standard InChI is InChI=1S/C11H15O.C10H13O.2C7H8O.2C7H14O.2C7H8S.2C5H12.2C4H9.6C2H6.2CHO.4Y/c1-8-5-9(2)7-11(6-8)10(3)12-4;1-8-5-4-6-10(7-8)9(2)11-3;2*1-8-7-5-3-2-4-6-7;2*1-6(8)5-7(2,3)4;2*1-8-7-5-3-2-4-6-7;2*1-5(2,3)4;2*1-4(2)3;8*1-2;;;;/h6-7,10H,1-4H3;4-6,9H,1-3H3;2*2-6H,1H3;2*5H2,1-4H3;2*2-6H,1H3;2*1-4H3;2*1-3H3;6*1-2H3;2*1H;;;;/q2*-1;;;;;;;;;2*-1;;;;;;;2*-1;;;;. The Balaban J connectivity index is -0.0000000512. The summed E-state index contributed by atoms with van der Waals surface area (Å²) in [6.45, 7) is 86.4. The van der Waals surface area contributed by atoms with Crippen molar-refractivity contribution in [2.45, 2.75) is 305 Å². The van der Waals surface area contributed by atoms with Crippen molar-refractivity contribution in [3.63, 3.8) is 0 Å². The van der Waals surface area contributed by atoms with Crippen LogP contribution in [0.4, 0.5) is 0 Å². The van der Waals surface area contributed by atoms with Crippen molar-refractivity contribution in [3.05, 3.63) is 203 Å². The SMILES string of the molecule is CC.CC.CC.CC.CC.CC.CC(=O)CC(C)(C)C.CC(=O)CC(C)(C)C.CC(C)(C)C.CC(C)(C)C.COC(C)c1[c-]c(C)ccc1.COC(C)c1cc(C)[c-]c(C)c1.COc1ccccc1.COc1ccccc1.CSc1ccccc1.CSc1ccccc1.C[C-](C)C.C[C-](C)C.[CH-]=O.[CH-]=O.[Y].[Y].[Y].[Y]. The van der Waals surface area contributed by atoms with Crippen LogP contribution in [-0.4, -0.2) is 66.1 Å². The number of carbonyl (C=O) groups is 2. The van der Waals surface area contributed by atoms with E-state index >= 15 is 0 Å². The van der Waals surface area contributed by atoms with Gasteiger partial charge < -0.3 is 50.0 Å². The molecule has 0 aliphatic carbocycles. The van der Waals surface area contributed by atoms with Gasteiger partial charge in [0.1, 0.15) is 23.1 Å². The first-order valence-electron chi connectivity index (χ1n) is 37.3. The van der Waals surface area contributed by atoms with Crippen molar-refractivity contribution in [3.8, 4) is 11.5 Å². The third-order valence-corrected chi connectivity index (χ3v) is 10.7. The van der Waals surface area contributed by atoms with Gasteiger partial charge in [-0.3, -0.25) is 13.6 Å². The minimum atomic E-state index is 0. The van der Waals surface area contributed by atoms with Gasteiger partial charge in [-0.1, -0.05) is 274 Å². The third-order valence-electron chi connectivity index (χ3n) is 9.21. The average Bonchev–Trinajstić information content (AvgIpc) is 0.879. The minimum Gasteiger partial charge on any atom is -0.545 e. The molecule has 0 saturated carbocycles. The molecular weight excluding hydrogens is 1690 g/mol. The molecule has 109 heavy (non-hydrogen) atoms. The van der Waals surface area contributed by atoms with Crippen molar-refractivity contribution >= 4 is 48.7 Å². The van der Waals surface area contributed by atoms with E-state index in [0.29, 0.717) is 23.7 Å². The molecule has 14 heteroatoms. The Morgan fingerprint density at radius 2 is 0.606 bits per heavy atom. The number of aryl methyl sites for hydroxylation is 3. The summed E-state index contributed by atoms with van der Waals surface area (Å²) in [4.78, 5) is 39.1. The van der Waals surface area contributed by atoms with Crippen LogP contribution >= 0.6 is 23.5 Å². The van der Waals surface area contributed by atoms with E-state index < -0.39 is 0 Å². The monoisotopic (exact) mass is 1860 g/mol. The van der Waals surface area contributed by atoms with Gasteiger partial charge in [0.15, 0.2) is 0 Å². The summed E-state index contributed by atoms with van der Waals surface area (Å²) in [7, 11) is 6.76. The van der Waals surface area contributed by atoms with Crippen molar-refractivity contribution in [2.24, 2.45) is 21.7 Å². The van der Waals surface area contributed by atoms with E-state index in [4.69, 9.17) is 28.5 Å². The number of thioether (sulfide) groups is 2. The van der Waals surface area contributed by atoms with Crippen LogP contribution in [0, 0.1) is 66.4 Å². The second kappa shape index (κ2) is 113. The zero-order valence-electron chi connectivity index (χ0n) is 79.0. The van der Waals surface area contributed by atoms with Crippen molar-refractivity contribution < 1.29 is 169 Å². The molecule has 0 saturated heterocycles. The molecule has 0 aliphatic heterocycles. The Bertz CT molecular complexity index is 2330. The van der Waals surface area contributed by atoms with E-state index in [1.54, 1.807) is 65.8 Å². The van der Waals surface area contributed by atoms with E-state index in [9.17, 15) is 9.59 Å². The normalized spacial score (nSPS) is 9.20. The van der Waals surface area contributed by atoms with Gasteiger partial charge in [-0.2, -0.15) is 101 Å². The molecule has 2 unspecified atom stereocenters. The number of para-hydroxylation sites is 2. The van der Waals surface area contributed by atoms with Crippen LogP contribution in [0.1, 0.15) is 302 Å². The van der Waals surface area contributed by atoms with E-state index in [-0.39, 0.29) is 165 Å². The van der Waals surface area contributed by atoms with Crippen LogP contribution in [0.3, 0.4) is 0 Å². The topological polar surface area (TPSA) is 105 Å². The number of methoxy groups -OCH3 is 4. The maximum atomic E-state index is 10.5. The van der Waals surface area contributed by atoms with Crippen LogP contribution in [0.2, 0.25) is 0 Å². The van der Waals surface area contributed by atoms with Crippen molar-refractivity contribution in [1.82, 2.24) is 0 Å². The molecule has 0 N–H and O–H groups in total. The fourth-order valence-electron chi connectivity index (χ4n) is 5.99. The predicted molar refractivity (Wildman–Crippen MR) is 480 cm³/mol. The quantitative estimate of drug-likeness (QED) is 0.0748. The molecule has 6 aromatic rings. The first-order chi connectivity index (χ1) is 48.9. The maximum Gasteiger partial charge on any atom is 0.130 e. The van der Waals surface area contributed by atoms with Crippen molar-refractivity contribution in [2.75, 3.05) is 41.0 Å². The Kier molecular flexibility index (Phi) is 158. The number of carbonyl (C=O) groups excluding carboxylic acids is 4. The minimum absolute atomic E-state index is 0. The molecule has 0 bridgehead atoms. The molecule has 0 aliphatic rings. The van der Waals surface area contributed by atoms with Gasteiger partial charge in [0.05, 0.1) is 26.4 Å². The van der Waals surface area contributed by atoms with Gasteiger partial charge in [-0.15, -0.1) is 34.7 Å². The van der Waals surface area contributed by atoms with Gasteiger partial charge in [-0.05, 0) is 110 Å². The number of hydrogen-bond acceptors (Lipinski definition) is 10. The summed E-state index contributed by atoms with van der Waals surface area (Å²) in [6.07, 6.45) is 5.86. The van der Waals surface area contributed by atoms with Crippen molar-refractivity contribution in [1.29, 1.82) is 0 Å². The molecular formula is C95H168O8S2Y4-6. The Labute approximate surface area is 790 Å². The van der Waals surface area contributed by atoms with Crippen LogP contribution in [0.15, 0.2) is 161 Å². The maximum absolute atomic E-state index is 10.5. The summed E-state index contributed by atoms with van der Waals surface area (Å²) >= 11 is 3.54. The van der Waals surface area contributed by atoms with Crippen LogP contribution in [0.25, 0.3) is 0 Å². The first kappa shape index (κ1) is 152.